The molecule has 0 unspecified atom stereocenters. The smallest absolute Gasteiger partial charge is 0.262 e. The van der Waals surface area contributed by atoms with Gasteiger partial charge >= 0.3 is 0 Å². The Hall–Kier alpha value is -2.35. The van der Waals surface area contributed by atoms with Gasteiger partial charge in [0.2, 0.25) is 0 Å². The summed E-state index contributed by atoms with van der Waals surface area (Å²) in [6.45, 7) is 2.17. The molecular formula is C15H18N6O2. The molecule has 0 saturated carbocycles. The predicted molar refractivity (Wildman–Crippen MR) is 86.4 cm³/mol. The number of nitrogens with one attached hydrogen (secondary N) is 1. The van der Waals surface area contributed by atoms with Gasteiger partial charge in [-0.15, -0.1) is 0 Å². The second-order valence-corrected chi connectivity index (χ2v) is 5.76. The number of ether oxygens (including phenoxy) is 1. The Labute approximate surface area is 132 Å². The standard InChI is InChI=1S/C15H18N6O2/c22-15-11-9-18-21(10-2-6-23-7-3-10)14(11)19-13(20-15)8-12-16-4-1-5-17-12/h4,9-10H,1-3,5-8H2,(H,19,20,22). The highest BCUT2D eigenvalue weighted by molar-refractivity contribution is 5.92. The quantitative estimate of drug-likeness (QED) is 0.909. The number of aromatic nitrogens is 4. The summed E-state index contributed by atoms with van der Waals surface area (Å²) < 4.78 is 7.26. The van der Waals surface area contributed by atoms with E-state index in [1.54, 1.807) is 6.20 Å². The van der Waals surface area contributed by atoms with E-state index in [9.17, 15) is 4.79 Å². The van der Waals surface area contributed by atoms with Crippen LogP contribution in [-0.4, -0.2) is 51.6 Å². The third-order valence-electron chi connectivity index (χ3n) is 4.17. The lowest BCUT2D eigenvalue weighted by Gasteiger charge is -2.22. The monoisotopic (exact) mass is 314 g/mol. The highest BCUT2D eigenvalue weighted by atomic mass is 16.5. The van der Waals surface area contributed by atoms with Gasteiger partial charge in [-0.25, -0.2) is 14.7 Å². The van der Waals surface area contributed by atoms with Crippen LogP contribution in [0.1, 0.15) is 31.1 Å². The highest BCUT2D eigenvalue weighted by Gasteiger charge is 2.20. The molecule has 0 atom stereocenters. The molecule has 8 nitrogen and oxygen atoms in total. The minimum absolute atomic E-state index is 0.163. The van der Waals surface area contributed by atoms with Crippen LogP contribution in [0.4, 0.5) is 0 Å². The van der Waals surface area contributed by atoms with E-state index in [2.05, 4.69) is 25.1 Å². The normalized spacial score (nSPS) is 19.2. The SMILES string of the molecule is O=c1[nH]c(CC2=NCCC=N2)nc2c1cnn2C1CCOCC1. The van der Waals surface area contributed by atoms with E-state index in [0.717, 1.165) is 25.8 Å². The number of nitrogens with zero attached hydrogens (tertiary/aromatic N) is 5. The zero-order valence-corrected chi connectivity index (χ0v) is 12.7. The van der Waals surface area contributed by atoms with Gasteiger partial charge in [0, 0.05) is 32.4 Å². The molecule has 2 aromatic heterocycles. The van der Waals surface area contributed by atoms with E-state index >= 15 is 0 Å². The minimum Gasteiger partial charge on any atom is -0.381 e. The largest absolute Gasteiger partial charge is 0.381 e. The highest BCUT2D eigenvalue weighted by Crippen LogP contribution is 2.23. The molecule has 0 spiro atoms. The van der Waals surface area contributed by atoms with Crippen LogP contribution in [0.5, 0.6) is 0 Å². The molecule has 120 valence electrons. The number of rotatable bonds is 3. The van der Waals surface area contributed by atoms with Crippen molar-refractivity contribution in [1.82, 2.24) is 19.7 Å². The van der Waals surface area contributed by atoms with Crippen molar-refractivity contribution in [3.63, 3.8) is 0 Å². The van der Waals surface area contributed by atoms with Crippen LogP contribution in [0.25, 0.3) is 11.0 Å². The first kappa shape index (κ1) is 14.3. The van der Waals surface area contributed by atoms with E-state index in [1.807, 2.05) is 10.9 Å². The molecule has 8 heteroatoms. The van der Waals surface area contributed by atoms with Gasteiger partial charge in [-0.2, -0.15) is 5.10 Å². The first-order valence-electron chi connectivity index (χ1n) is 7.91. The zero-order valence-electron chi connectivity index (χ0n) is 12.7. The minimum atomic E-state index is -0.163. The lowest BCUT2D eigenvalue weighted by molar-refractivity contribution is 0.0673. The van der Waals surface area contributed by atoms with Crippen molar-refractivity contribution in [2.45, 2.75) is 31.7 Å². The van der Waals surface area contributed by atoms with Crippen molar-refractivity contribution in [3.8, 4) is 0 Å². The fourth-order valence-electron chi connectivity index (χ4n) is 2.98. The van der Waals surface area contributed by atoms with Gasteiger partial charge in [-0.05, 0) is 12.8 Å². The molecule has 2 aliphatic heterocycles. The lowest BCUT2D eigenvalue weighted by atomic mass is 10.1. The van der Waals surface area contributed by atoms with E-state index in [0.29, 0.717) is 42.3 Å². The molecule has 1 saturated heterocycles. The predicted octanol–water partition coefficient (Wildman–Crippen LogP) is 0.887. The fourth-order valence-corrected chi connectivity index (χ4v) is 2.98. The van der Waals surface area contributed by atoms with E-state index < -0.39 is 0 Å². The van der Waals surface area contributed by atoms with Crippen molar-refractivity contribution in [2.75, 3.05) is 19.8 Å². The molecule has 1 fully saturated rings. The van der Waals surface area contributed by atoms with E-state index in [1.165, 1.54) is 0 Å². The van der Waals surface area contributed by atoms with E-state index in [-0.39, 0.29) is 11.6 Å². The number of aliphatic imine (C=N–C) groups is 2. The van der Waals surface area contributed by atoms with Gasteiger partial charge < -0.3 is 9.72 Å². The first-order valence-corrected chi connectivity index (χ1v) is 7.91. The van der Waals surface area contributed by atoms with Gasteiger partial charge in [0.1, 0.15) is 17.0 Å². The van der Waals surface area contributed by atoms with Crippen LogP contribution in [0.2, 0.25) is 0 Å². The molecule has 1 N–H and O–H groups in total. The first-order chi connectivity index (χ1) is 11.3. The molecular weight excluding hydrogens is 296 g/mol. The topological polar surface area (TPSA) is 97.5 Å². The van der Waals surface area contributed by atoms with Gasteiger partial charge in [0.05, 0.1) is 18.7 Å². The Bertz CT molecular complexity index is 828. The van der Waals surface area contributed by atoms with Crippen LogP contribution in [-0.2, 0) is 11.2 Å². The van der Waals surface area contributed by atoms with Crippen LogP contribution < -0.4 is 5.56 Å². The number of hydrogen-bond donors (Lipinski definition) is 1. The molecule has 2 aliphatic rings. The van der Waals surface area contributed by atoms with Crippen molar-refractivity contribution in [2.24, 2.45) is 9.98 Å². The molecule has 2 aromatic rings. The average molecular weight is 314 g/mol. The van der Waals surface area contributed by atoms with Crippen LogP contribution >= 0.6 is 0 Å². The summed E-state index contributed by atoms with van der Waals surface area (Å²) >= 11 is 0. The van der Waals surface area contributed by atoms with Gasteiger partial charge in [0.25, 0.3) is 5.56 Å². The summed E-state index contributed by atoms with van der Waals surface area (Å²) in [6, 6.07) is 0.230. The number of aromatic amines is 1. The molecule has 4 heterocycles. The summed E-state index contributed by atoms with van der Waals surface area (Å²) in [7, 11) is 0. The Balaban J connectivity index is 1.71. The van der Waals surface area contributed by atoms with Crippen molar-refractivity contribution in [1.29, 1.82) is 0 Å². The number of hydrogen-bond acceptors (Lipinski definition) is 6. The zero-order chi connectivity index (χ0) is 15.6. The molecule has 0 aliphatic carbocycles. The number of H-pyrrole nitrogens is 1. The molecule has 0 radical (unpaired) electrons. The van der Waals surface area contributed by atoms with Crippen molar-refractivity contribution >= 4 is 23.1 Å². The van der Waals surface area contributed by atoms with Gasteiger partial charge in [-0.3, -0.25) is 9.79 Å². The third kappa shape index (κ3) is 2.81. The molecule has 0 bridgehead atoms. The summed E-state index contributed by atoms with van der Waals surface area (Å²) in [5.74, 6) is 1.28. The maximum atomic E-state index is 12.3. The summed E-state index contributed by atoms with van der Waals surface area (Å²) in [4.78, 5) is 28.3. The fraction of sp³-hybridized carbons (Fsp3) is 0.533. The lowest BCUT2D eigenvalue weighted by Crippen LogP contribution is -2.22. The van der Waals surface area contributed by atoms with Crippen molar-refractivity contribution in [3.05, 3.63) is 22.4 Å². The molecule has 0 aromatic carbocycles. The third-order valence-corrected chi connectivity index (χ3v) is 4.17. The maximum Gasteiger partial charge on any atom is 0.262 e. The summed E-state index contributed by atoms with van der Waals surface area (Å²) in [6.07, 6.45) is 6.51. The Morgan fingerprint density at radius 1 is 1.35 bits per heavy atom. The Kier molecular flexibility index (Phi) is 3.74. The van der Waals surface area contributed by atoms with E-state index in [4.69, 9.17) is 4.74 Å². The molecule has 23 heavy (non-hydrogen) atoms. The van der Waals surface area contributed by atoms with Crippen molar-refractivity contribution < 1.29 is 4.74 Å². The summed E-state index contributed by atoms with van der Waals surface area (Å²) in [5.41, 5.74) is 0.472. The van der Waals surface area contributed by atoms with Crippen LogP contribution in [0, 0.1) is 0 Å². The maximum absolute atomic E-state index is 12.3. The van der Waals surface area contributed by atoms with Crippen LogP contribution in [0.15, 0.2) is 21.0 Å². The van der Waals surface area contributed by atoms with Crippen LogP contribution in [0.3, 0.4) is 0 Å². The molecule has 0 amide bonds. The number of fused-ring (bicyclic) bond motifs is 1. The second-order valence-electron chi connectivity index (χ2n) is 5.76. The molecule has 4 rings (SSSR count). The van der Waals surface area contributed by atoms with Gasteiger partial charge in [-0.1, -0.05) is 0 Å². The second kappa shape index (κ2) is 6.04. The average Bonchev–Trinajstić information content (AvgIpc) is 3.01. The van der Waals surface area contributed by atoms with Gasteiger partial charge in [0.15, 0.2) is 5.65 Å². The number of amidine groups is 1. The summed E-state index contributed by atoms with van der Waals surface area (Å²) in [5, 5.41) is 4.91. The Morgan fingerprint density at radius 2 is 2.22 bits per heavy atom. The Morgan fingerprint density at radius 3 is 3.00 bits per heavy atom.